The van der Waals surface area contributed by atoms with Crippen molar-refractivity contribution in [2.45, 2.75) is 6.54 Å². The number of hydrogen-bond donors (Lipinski definition) is 1. The van der Waals surface area contributed by atoms with E-state index < -0.39 is 0 Å². The van der Waals surface area contributed by atoms with Crippen LogP contribution in [0.25, 0.3) is 0 Å². The van der Waals surface area contributed by atoms with Gasteiger partial charge in [-0.05, 0) is 23.8 Å². The van der Waals surface area contributed by atoms with Crippen LogP contribution < -0.4 is 10.9 Å². The monoisotopic (exact) mass is 276 g/mol. The number of aryl methyl sites for hydroxylation is 1. The number of benzene rings is 1. The van der Waals surface area contributed by atoms with E-state index in [1.165, 1.54) is 10.6 Å². The number of amides is 1. The third kappa shape index (κ3) is 3.45. The third-order valence-electron chi connectivity index (χ3n) is 2.69. The Labute approximate surface area is 115 Å². The van der Waals surface area contributed by atoms with Gasteiger partial charge in [0.2, 0.25) is 5.56 Å². The Morgan fingerprint density at radius 2 is 2.11 bits per heavy atom. The predicted molar refractivity (Wildman–Crippen MR) is 74.3 cm³/mol. The number of carbonyl (C=O) groups excluding carboxylic acids is 1. The van der Waals surface area contributed by atoms with Crippen molar-refractivity contribution in [2.24, 2.45) is 7.05 Å². The van der Waals surface area contributed by atoms with Gasteiger partial charge < -0.3 is 9.88 Å². The molecule has 5 heteroatoms. The maximum absolute atomic E-state index is 11.9. The summed E-state index contributed by atoms with van der Waals surface area (Å²) in [6.07, 6.45) is 1.70. The van der Waals surface area contributed by atoms with Gasteiger partial charge in [-0.3, -0.25) is 9.59 Å². The van der Waals surface area contributed by atoms with Gasteiger partial charge in [0, 0.05) is 36.4 Å². The lowest BCUT2D eigenvalue weighted by molar-refractivity contribution is 0.0951. The standard InChI is InChI=1S/C14H13ClN2O2/c1-17-9-10(5-6-13(17)18)8-16-14(19)11-3-2-4-12(15)7-11/h2-7,9H,8H2,1H3,(H,16,19). The van der Waals surface area contributed by atoms with Crippen molar-refractivity contribution in [1.29, 1.82) is 0 Å². The van der Waals surface area contributed by atoms with Crippen molar-refractivity contribution in [1.82, 2.24) is 9.88 Å². The molecule has 0 aliphatic rings. The number of halogens is 1. The third-order valence-corrected chi connectivity index (χ3v) is 2.92. The number of carbonyl (C=O) groups is 1. The molecule has 0 aliphatic carbocycles. The average Bonchev–Trinajstić information content (AvgIpc) is 2.40. The lowest BCUT2D eigenvalue weighted by atomic mass is 10.2. The van der Waals surface area contributed by atoms with Crippen molar-refractivity contribution >= 4 is 17.5 Å². The summed E-state index contributed by atoms with van der Waals surface area (Å²) in [4.78, 5) is 23.1. The Balaban J connectivity index is 2.04. The van der Waals surface area contributed by atoms with Crippen LogP contribution in [0.15, 0.2) is 47.4 Å². The van der Waals surface area contributed by atoms with Crippen molar-refractivity contribution in [3.05, 3.63) is 69.1 Å². The van der Waals surface area contributed by atoms with Gasteiger partial charge in [-0.15, -0.1) is 0 Å². The zero-order chi connectivity index (χ0) is 13.8. The van der Waals surface area contributed by atoms with Crippen molar-refractivity contribution < 1.29 is 4.79 Å². The molecule has 2 rings (SSSR count). The minimum atomic E-state index is -0.198. The average molecular weight is 277 g/mol. The number of hydrogen-bond acceptors (Lipinski definition) is 2. The van der Waals surface area contributed by atoms with Crippen LogP contribution in [-0.2, 0) is 13.6 Å². The molecule has 0 radical (unpaired) electrons. The van der Waals surface area contributed by atoms with Crippen LogP contribution >= 0.6 is 11.6 Å². The SMILES string of the molecule is Cn1cc(CNC(=O)c2cccc(Cl)c2)ccc1=O. The summed E-state index contributed by atoms with van der Waals surface area (Å²) in [5.41, 5.74) is 1.29. The van der Waals surface area contributed by atoms with Gasteiger partial charge in [0.1, 0.15) is 0 Å². The molecule has 0 aliphatic heterocycles. The fourth-order valence-corrected chi connectivity index (χ4v) is 1.86. The van der Waals surface area contributed by atoms with E-state index in [2.05, 4.69) is 5.32 Å². The van der Waals surface area contributed by atoms with Crippen LogP contribution in [0.3, 0.4) is 0 Å². The maximum atomic E-state index is 11.9. The quantitative estimate of drug-likeness (QED) is 0.932. The second-order valence-electron chi connectivity index (χ2n) is 4.18. The summed E-state index contributed by atoms with van der Waals surface area (Å²) in [5, 5.41) is 3.30. The van der Waals surface area contributed by atoms with E-state index in [0.717, 1.165) is 5.56 Å². The molecular weight excluding hydrogens is 264 g/mol. The summed E-state index contributed by atoms with van der Waals surface area (Å²) < 4.78 is 1.47. The molecular formula is C14H13ClN2O2. The molecule has 1 heterocycles. The Hall–Kier alpha value is -2.07. The van der Waals surface area contributed by atoms with Crippen LogP contribution in [0, 0.1) is 0 Å². The predicted octanol–water partition coefficient (Wildman–Crippen LogP) is 1.97. The molecule has 0 saturated heterocycles. The van der Waals surface area contributed by atoms with E-state index in [9.17, 15) is 9.59 Å². The molecule has 1 aromatic heterocycles. The summed E-state index contributed by atoms with van der Waals surface area (Å²) >= 11 is 5.83. The lowest BCUT2D eigenvalue weighted by Crippen LogP contribution is -2.24. The van der Waals surface area contributed by atoms with Gasteiger partial charge in [0.25, 0.3) is 5.91 Å². The highest BCUT2D eigenvalue weighted by Crippen LogP contribution is 2.10. The van der Waals surface area contributed by atoms with E-state index in [0.29, 0.717) is 17.1 Å². The van der Waals surface area contributed by atoms with Crippen molar-refractivity contribution in [2.75, 3.05) is 0 Å². The molecule has 4 nitrogen and oxygen atoms in total. The van der Waals surface area contributed by atoms with Gasteiger partial charge in [-0.1, -0.05) is 23.7 Å². The first-order valence-electron chi connectivity index (χ1n) is 5.75. The van der Waals surface area contributed by atoms with Crippen LogP contribution in [0.2, 0.25) is 5.02 Å². The van der Waals surface area contributed by atoms with Gasteiger partial charge in [-0.25, -0.2) is 0 Å². The van der Waals surface area contributed by atoms with Crippen LogP contribution in [0.4, 0.5) is 0 Å². The highest BCUT2D eigenvalue weighted by molar-refractivity contribution is 6.30. The molecule has 0 saturated carbocycles. The fourth-order valence-electron chi connectivity index (χ4n) is 1.67. The normalized spacial score (nSPS) is 10.2. The largest absolute Gasteiger partial charge is 0.348 e. The van der Waals surface area contributed by atoms with E-state index in [-0.39, 0.29) is 11.5 Å². The van der Waals surface area contributed by atoms with Crippen LogP contribution in [0.1, 0.15) is 15.9 Å². The topological polar surface area (TPSA) is 51.1 Å². The van der Waals surface area contributed by atoms with E-state index >= 15 is 0 Å². The number of aromatic nitrogens is 1. The molecule has 1 aromatic carbocycles. The van der Waals surface area contributed by atoms with E-state index in [4.69, 9.17) is 11.6 Å². The second-order valence-corrected chi connectivity index (χ2v) is 4.62. The maximum Gasteiger partial charge on any atom is 0.251 e. The Bertz CT molecular complexity index is 664. The molecule has 2 aromatic rings. The summed E-state index contributed by atoms with van der Waals surface area (Å²) in [7, 11) is 1.67. The second kappa shape index (κ2) is 5.71. The number of nitrogens with one attached hydrogen (secondary N) is 1. The van der Waals surface area contributed by atoms with Gasteiger partial charge in [0.15, 0.2) is 0 Å². The molecule has 1 N–H and O–H groups in total. The first-order valence-corrected chi connectivity index (χ1v) is 6.13. The van der Waals surface area contributed by atoms with Crippen molar-refractivity contribution in [3.8, 4) is 0 Å². The van der Waals surface area contributed by atoms with Crippen molar-refractivity contribution in [3.63, 3.8) is 0 Å². The van der Waals surface area contributed by atoms with Gasteiger partial charge in [0.05, 0.1) is 0 Å². The van der Waals surface area contributed by atoms with E-state index in [1.807, 2.05) is 0 Å². The highest BCUT2D eigenvalue weighted by atomic mass is 35.5. The molecule has 0 bridgehead atoms. The molecule has 98 valence electrons. The fraction of sp³-hybridized carbons (Fsp3) is 0.143. The summed E-state index contributed by atoms with van der Waals surface area (Å²) in [6, 6.07) is 9.91. The zero-order valence-electron chi connectivity index (χ0n) is 10.4. The number of nitrogens with zero attached hydrogens (tertiary/aromatic N) is 1. The first kappa shape index (κ1) is 13.4. The lowest BCUT2D eigenvalue weighted by Gasteiger charge is -2.06. The first-order chi connectivity index (χ1) is 9.06. The van der Waals surface area contributed by atoms with Crippen LogP contribution in [0.5, 0.6) is 0 Å². The van der Waals surface area contributed by atoms with E-state index in [1.54, 1.807) is 43.6 Å². The highest BCUT2D eigenvalue weighted by Gasteiger charge is 2.05. The number of rotatable bonds is 3. The molecule has 0 atom stereocenters. The summed E-state index contributed by atoms with van der Waals surface area (Å²) in [6.45, 7) is 0.361. The zero-order valence-corrected chi connectivity index (χ0v) is 11.1. The Morgan fingerprint density at radius 1 is 1.32 bits per heavy atom. The molecule has 0 fully saturated rings. The minimum absolute atomic E-state index is 0.0788. The van der Waals surface area contributed by atoms with Gasteiger partial charge >= 0.3 is 0 Å². The summed E-state index contributed by atoms with van der Waals surface area (Å²) in [5.74, 6) is -0.198. The Kier molecular flexibility index (Phi) is 4.02. The molecule has 0 unspecified atom stereocenters. The number of pyridine rings is 1. The van der Waals surface area contributed by atoms with Crippen LogP contribution in [-0.4, -0.2) is 10.5 Å². The molecule has 0 spiro atoms. The molecule has 1 amide bonds. The molecule has 19 heavy (non-hydrogen) atoms. The Morgan fingerprint density at radius 3 is 2.79 bits per heavy atom. The smallest absolute Gasteiger partial charge is 0.251 e. The van der Waals surface area contributed by atoms with Gasteiger partial charge in [-0.2, -0.15) is 0 Å². The minimum Gasteiger partial charge on any atom is -0.348 e.